The number of hydrogen-bond donors (Lipinski definition) is 3. The second kappa shape index (κ2) is 6.32. The molecular weight excluding hydrogens is 276 g/mol. The number of ether oxygens (including phenoxy) is 1. The van der Waals surface area contributed by atoms with Crippen LogP contribution in [0.15, 0.2) is 6.07 Å². The van der Waals surface area contributed by atoms with E-state index in [1.807, 2.05) is 6.07 Å². The number of aromatic nitrogens is 2. The van der Waals surface area contributed by atoms with Gasteiger partial charge in [0.15, 0.2) is 0 Å². The Kier molecular flexibility index (Phi) is 4.69. The Morgan fingerprint density at radius 2 is 2.14 bits per heavy atom. The molecule has 3 N–H and O–H groups in total. The van der Waals surface area contributed by atoms with E-state index in [0.717, 1.165) is 0 Å². The van der Waals surface area contributed by atoms with Crippen molar-refractivity contribution >= 4 is 5.95 Å². The van der Waals surface area contributed by atoms with Gasteiger partial charge in [0, 0.05) is 12.7 Å². The summed E-state index contributed by atoms with van der Waals surface area (Å²) in [6.07, 6.45) is -3.12. The van der Waals surface area contributed by atoms with E-state index >= 15 is 0 Å². The van der Waals surface area contributed by atoms with Crippen molar-refractivity contribution in [1.82, 2.24) is 9.97 Å². The third-order valence-corrected chi connectivity index (χ3v) is 3.56. The fraction of sp³-hybridized carbons (Fsp3) is 0.615. The summed E-state index contributed by atoms with van der Waals surface area (Å²) in [6.45, 7) is 1.48. The summed E-state index contributed by atoms with van der Waals surface area (Å²) in [5.41, 5.74) is 0.854. The number of hydrogen-bond acceptors (Lipinski definition) is 8. The number of rotatable bonds is 3. The van der Waals surface area contributed by atoms with Crippen molar-refractivity contribution in [3.8, 4) is 6.07 Å². The number of nitrogens with zero attached hydrogens (tertiary/aromatic N) is 4. The van der Waals surface area contributed by atoms with Gasteiger partial charge in [0.2, 0.25) is 5.95 Å². The lowest BCUT2D eigenvalue weighted by atomic mass is 9.97. The van der Waals surface area contributed by atoms with Crippen molar-refractivity contribution < 1.29 is 20.1 Å². The quantitative estimate of drug-likeness (QED) is 0.620. The number of likely N-dealkylation sites (N-methyl/N-ethyl adjacent to an activating group) is 1. The molecule has 1 aliphatic rings. The Balaban J connectivity index is 2.22. The summed E-state index contributed by atoms with van der Waals surface area (Å²) in [4.78, 5) is 9.87. The van der Waals surface area contributed by atoms with Gasteiger partial charge in [-0.1, -0.05) is 0 Å². The molecule has 1 fully saturated rings. The van der Waals surface area contributed by atoms with Crippen LogP contribution in [0, 0.1) is 18.3 Å². The molecule has 0 radical (unpaired) electrons. The Bertz CT molecular complexity index is 547. The number of nitriles is 1. The van der Waals surface area contributed by atoms with Crippen molar-refractivity contribution in [2.45, 2.75) is 31.3 Å². The molecular formula is C13H18N4O4. The molecule has 8 heteroatoms. The highest BCUT2D eigenvalue weighted by Crippen LogP contribution is 2.22. The fourth-order valence-corrected chi connectivity index (χ4v) is 2.28. The molecule has 0 spiro atoms. The molecule has 1 aliphatic heterocycles. The summed E-state index contributed by atoms with van der Waals surface area (Å²) in [5, 5.41) is 38.1. The van der Waals surface area contributed by atoms with Crippen LogP contribution in [0.1, 0.15) is 11.4 Å². The Labute approximate surface area is 122 Å². The molecule has 0 unspecified atom stereocenters. The third-order valence-electron chi connectivity index (χ3n) is 3.56. The maximum atomic E-state index is 10.2. The standard InChI is InChI=1S/C13H18N4O4/c1-7-3-8(4-14)16-13(15-7)17(2)9-6-21-10(5-18)12(20)11(9)19/h3,9-12,18-20H,5-6H2,1-2H3/t9-,10+,11+,12-/m0/s1. The first kappa shape index (κ1) is 15.6. The summed E-state index contributed by atoms with van der Waals surface area (Å²) in [5.74, 6) is 0.272. The summed E-state index contributed by atoms with van der Waals surface area (Å²) in [7, 11) is 1.65. The predicted octanol–water partition coefficient (Wildman–Crippen LogP) is -1.43. The SMILES string of the molecule is Cc1cc(C#N)nc(N(C)[C@H]2CO[C@H](CO)[C@H](O)[C@@H]2O)n1. The molecule has 21 heavy (non-hydrogen) atoms. The van der Waals surface area contributed by atoms with Crippen LogP contribution in [-0.4, -0.2) is 69.9 Å². The Morgan fingerprint density at radius 1 is 1.43 bits per heavy atom. The molecule has 1 saturated heterocycles. The lowest BCUT2D eigenvalue weighted by Gasteiger charge is -2.41. The number of aliphatic hydroxyl groups is 3. The van der Waals surface area contributed by atoms with Crippen LogP contribution in [0.25, 0.3) is 0 Å². The van der Waals surface area contributed by atoms with Crippen LogP contribution < -0.4 is 4.90 Å². The van der Waals surface area contributed by atoms with Crippen LogP contribution >= 0.6 is 0 Å². The molecule has 0 bridgehead atoms. The first-order valence-corrected chi connectivity index (χ1v) is 6.55. The second-order valence-corrected chi connectivity index (χ2v) is 5.02. The van der Waals surface area contributed by atoms with Crippen molar-refractivity contribution in [2.75, 3.05) is 25.2 Å². The lowest BCUT2D eigenvalue weighted by molar-refractivity contribution is -0.156. The normalized spacial score (nSPS) is 29.0. The highest BCUT2D eigenvalue weighted by Gasteiger charge is 2.40. The summed E-state index contributed by atoms with van der Waals surface area (Å²) >= 11 is 0. The van der Waals surface area contributed by atoms with E-state index in [-0.39, 0.29) is 24.9 Å². The van der Waals surface area contributed by atoms with E-state index in [4.69, 9.17) is 15.1 Å². The average molecular weight is 294 g/mol. The van der Waals surface area contributed by atoms with Crippen LogP contribution in [0.4, 0.5) is 5.95 Å². The maximum absolute atomic E-state index is 10.2. The molecule has 8 nitrogen and oxygen atoms in total. The van der Waals surface area contributed by atoms with Crippen LogP contribution in [0.5, 0.6) is 0 Å². The monoisotopic (exact) mass is 294 g/mol. The molecule has 0 aliphatic carbocycles. The zero-order valence-corrected chi connectivity index (χ0v) is 11.8. The third kappa shape index (κ3) is 3.11. The highest BCUT2D eigenvalue weighted by atomic mass is 16.5. The fourth-order valence-electron chi connectivity index (χ4n) is 2.28. The van der Waals surface area contributed by atoms with Gasteiger partial charge in [0.05, 0.1) is 19.3 Å². The summed E-state index contributed by atoms with van der Waals surface area (Å²) in [6, 6.07) is 2.93. The minimum absolute atomic E-state index is 0.110. The Morgan fingerprint density at radius 3 is 2.76 bits per heavy atom. The second-order valence-electron chi connectivity index (χ2n) is 5.02. The minimum Gasteiger partial charge on any atom is -0.394 e. The molecule has 2 rings (SSSR count). The van der Waals surface area contributed by atoms with E-state index < -0.39 is 24.4 Å². The zero-order valence-electron chi connectivity index (χ0n) is 11.8. The minimum atomic E-state index is -1.20. The van der Waals surface area contributed by atoms with E-state index in [2.05, 4.69) is 9.97 Å². The van der Waals surface area contributed by atoms with Gasteiger partial charge < -0.3 is 25.0 Å². The highest BCUT2D eigenvalue weighted by molar-refractivity contribution is 5.37. The average Bonchev–Trinajstić information content (AvgIpc) is 2.48. The predicted molar refractivity (Wildman–Crippen MR) is 72.5 cm³/mol. The molecule has 4 atom stereocenters. The largest absolute Gasteiger partial charge is 0.394 e. The first-order valence-electron chi connectivity index (χ1n) is 6.55. The Hall–Kier alpha value is -1.79. The van der Waals surface area contributed by atoms with Gasteiger partial charge in [-0.2, -0.15) is 5.26 Å². The van der Waals surface area contributed by atoms with E-state index in [0.29, 0.717) is 5.69 Å². The van der Waals surface area contributed by atoms with Crippen molar-refractivity contribution in [1.29, 1.82) is 5.26 Å². The van der Waals surface area contributed by atoms with Gasteiger partial charge in [0.25, 0.3) is 0 Å². The van der Waals surface area contributed by atoms with Gasteiger partial charge in [-0.25, -0.2) is 9.97 Å². The number of anilines is 1. The number of aryl methyl sites for hydroxylation is 1. The molecule has 0 amide bonds. The number of aliphatic hydroxyl groups excluding tert-OH is 3. The van der Waals surface area contributed by atoms with E-state index in [9.17, 15) is 10.2 Å². The van der Waals surface area contributed by atoms with Gasteiger partial charge in [0.1, 0.15) is 30.1 Å². The smallest absolute Gasteiger partial charge is 0.226 e. The first-order chi connectivity index (χ1) is 9.97. The van der Waals surface area contributed by atoms with Gasteiger partial charge in [-0.05, 0) is 13.0 Å². The van der Waals surface area contributed by atoms with Crippen molar-refractivity contribution in [3.05, 3.63) is 17.5 Å². The molecule has 0 saturated carbocycles. The van der Waals surface area contributed by atoms with Crippen LogP contribution in [-0.2, 0) is 4.74 Å². The topological polar surface area (TPSA) is 123 Å². The van der Waals surface area contributed by atoms with Crippen molar-refractivity contribution in [3.63, 3.8) is 0 Å². The van der Waals surface area contributed by atoms with E-state index in [1.165, 1.54) is 0 Å². The molecule has 1 aromatic rings. The van der Waals surface area contributed by atoms with Crippen molar-refractivity contribution in [2.24, 2.45) is 0 Å². The molecule has 114 valence electrons. The molecule has 1 aromatic heterocycles. The molecule has 2 heterocycles. The van der Waals surface area contributed by atoms with Gasteiger partial charge in [-0.3, -0.25) is 0 Å². The zero-order chi connectivity index (χ0) is 15.6. The summed E-state index contributed by atoms with van der Waals surface area (Å²) < 4.78 is 5.33. The maximum Gasteiger partial charge on any atom is 0.226 e. The van der Waals surface area contributed by atoms with Gasteiger partial charge in [-0.15, -0.1) is 0 Å². The van der Waals surface area contributed by atoms with Crippen LogP contribution in [0.3, 0.4) is 0 Å². The molecule has 0 aromatic carbocycles. The van der Waals surface area contributed by atoms with Crippen LogP contribution in [0.2, 0.25) is 0 Å². The van der Waals surface area contributed by atoms with E-state index in [1.54, 1.807) is 24.9 Å². The lowest BCUT2D eigenvalue weighted by Crippen LogP contribution is -2.59. The van der Waals surface area contributed by atoms with Gasteiger partial charge >= 0.3 is 0 Å².